The SMILES string of the molecule is CCN(C[C@H]1CCOC1)C(=O)CCc1nc(C(C)(C)C)no1. The second kappa shape index (κ2) is 7.22. The molecule has 2 rings (SSSR count). The van der Waals surface area contributed by atoms with Gasteiger partial charge in [-0.3, -0.25) is 4.79 Å². The van der Waals surface area contributed by atoms with Crippen LogP contribution in [-0.2, 0) is 21.4 Å². The molecular weight excluding hydrogens is 282 g/mol. The zero-order chi connectivity index (χ0) is 16.2. The Hall–Kier alpha value is -1.43. The Morgan fingerprint density at radius 3 is 2.73 bits per heavy atom. The molecule has 0 N–H and O–H groups in total. The quantitative estimate of drug-likeness (QED) is 0.805. The summed E-state index contributed by atoms with van der Waals surface area (Å²) in [7, 11) is 0. The Morgan fingerprint density at radius 2 is 2.18 bits per heavy atom. The first-order chi connectivity index (χ1) is 10.4. The van der Waals surface area contributed by atoms with Crippen LogP contribution in [0.2, 0.25) is 0 Å². The molecule has 1 amide bonds. The normalized spacial score (nSPS) is 18.6. The van der Waals surface area contributed by atoms with E-state index in [0.29, 0.717) is 30.5 Å². The number of ether oxygens (including phenoxy) is 1. The molecule has 0 aliphatic carbocycles. The number of carbonyl (C=O) groups excluding carboxylic acids is 1. The van der Waals surface area contributed by atoms with Crippen LogP contribution in [0.3, 0.4) is 0 Å². The highest BCUT2D eigenvalue weighted by Gasteiger charge is 2.23. The van der Waals surface area contributed by atoms with Crippen molar-refractivity contribution in [3.8, 4) is 0 Å². The largest absolute Gasteiger partial charge is 0.381 e. The van der Waals surface area contributed by atoms with Crippen molar-refractivity contribution in [3.05, 3.63) is 11.7 Å². The average molecular weight is 309 g/mol. The van der Waals surface area contributed by atoms with Crippen LogP contribution in [0, 0.1) is 5.92 Å². The van der Waals surface area contributed by atoms with Crippen LogP contribution in [-0.4, -0.2) is 47.3 Å². The van der Waals surface area contributed by atoms with Crippen molar-refractivity contribution in [3.63, 3.8) is 0 Å². The summed E-state index contributed by atoms with van der Waals surface area (Å²) in [5, 5.41) is 3.99. The lowest BCUT2D eigenvalue weighted by molar-refractivity contribution is -0.131. The van der Waals surface area contributed by atoms with E-state index < -0.39 is 0 Å². The number of carbonyl (C=O) groups is 1. The first-order valence-electron chi connectivity index (χ1n) is 8.08. The Bertz CT molecular complexity index is 487. The number of hydrogen-bond acceptors (Lipinski definition) is 5. The smallest absolute Gasteiger partial charge is 0.227 e. The Morgan fingerprint density at radius 1 is 1.41 bits per heavy atom. The highest BCUT2D eigenvalue weighted by atomic mass is 16.5. The number of rotatable bonds is 6. The summed E-state index contributed by atoms with van der Waals surface area (Å²) in [6.07, 6.45) is 1.95. The summed E-state index contributed by atoms with van der Waals surface area (Å²) in [5.74, 6) is 1.84. The average Bonchev–Trinajstić information content (AvgIpc) is 3.12. The van der Waals surface area contributed by atoms with E-state index in [1.807, 2.05) is 32.6 Å². The lowest BCUT2D eigenvalue weighted by atomic mass is 9.96. The third-order valence-corrected chi connectivity index (χ3v) is 3.93. The highest BCUT2D eigenvalue weighted by molar-refractivity contribution is 5.76. The van der Waals surface area contributed by atoms with Gasteiger partial charge in [-0.1, -0.05) is 25.9 Å². The van der Waals surface area contributed by atoms with Crippen LogP contribution in [0.15, 0.2) is 4.52 Å². The molecule has 1 fully saturated rings. The van der Waals surface area contributed by atoms with E-state index in [1.165, 1.54) is 0 Å². The molecule has 0 spiro atoms. The maximum atomic E-state index is 12.3. The lowest BCUT2D eigenvalue weighted by Gasteiger charge is -2.23. The molecule has 22 heavy (non-hydrogen) atoms. The van der Waals surface area contributed by atoms with Crippen LogP contribution < -0.4 is 0 Å². The van der Waals surface area contributed by atoms with Gasteiger partial charge in [0.05, 0.1) is 6.61 Å². The van der Waals surface area contributed by atoms with Crippen molar-refractivity contribution in [2.24, 2.45) is 5.92 Å². The fourth-order valence-corrected chi connectivity index (χ4v) is 2.48. The van der Waals surface area contributed by atoms with Crippen molar-refractivity contribution < 1.29 is 14.1 Å². The molecule has 1 aromatic heterocycles. The third-order valence-electron chi connectivity index (χ3n) is 3.93. The van der Waals surface area contributed by atoms with Crippen molar-refractivity contribution in [2.75, 3.05) is 26.3 Å². The van der Waals surface area contributed by atoms with E-state index in [1.54, 1.807) is 0 Å². The molecule has 0 saturated carbocycles. The van der Waals surface area contributed by atoms with E-state index in [2.05, 4.69) is 10.1 Å². The first-order valence-corrected chi connectivity index (χ1v) is 8.08. The van der Waals surface area contributed by atoms with Gasteiger partial charge in [-0.25, -0.2) is 0 Å². The van der Waals surface area contributed by atoms with Crippen LogP contribution >= 0.6 is 0 Å². The summed E-state index contributed by atoms with van der Waals surface area (Å²) < 4.78 is 10.6. The minimum Gasteiger partial charge on any atom is -0.381 e. The van der Waals surface area contributed by atoms with Crippen molar-refractivity contribution in [2.45, 2.75) is 52.4 Å². The molecule has 0 bridgehead atoms. The summed E-state index contributed by atoms with van der Waals surface area (Å²) in [4.78, 5) is 18.6. The Balaban J connectivity index is 1.83. The van der Waals surface area contributed by atoms with Crippen LogP contribution in [0.4, 0.5) is 0 Å². The van der Waals surface area contributed by atoms with Gasteiger partial charge >= 0.3 is 0 Å². The highest BCUT2D eigenvalue weighted by Crippen LogP contribution is 2.19. The second-order valence-electron chi connectivity index (χ2n) is 6.92. The number of nitrogens with zero attached hydrogens (tertiary/aromatic N) is 3. The van der Waals surface area contributed by atoms with Gasteiger partial charge in [0.2, 0.25) is 11.8 Å². The molecule has 0 aromatic carbocycles. The zero-order valence-electron chi connectivity index (χ0n) is 14.1. The van der Waals surface area contributed by atoms with Crippen LogP contribution in [0.25, 0.3) is 0 Å². The molecule has 6 heteroatoms. The maximum absolute atomic E-state index is 12.3. The molecule has 1 aromatic rings. The van der Waals surface area contributed by atoms with Gasteiger partial charge in [-0.15, -0.1) is 0 Å². The van der Waals surface area contributed by atoms with Gasteiger partial charge in [-0.05, 0) is 13.3 Å². The van der Waals surface area contributed by atoms with Crippen molar-refractivity contribution in [1.82, 2.24) is 15.0 Å². The van der Waals surface area contributed by atoms with Crippen LogP contribution in [0.5, 0.6) is 0 Å². The number of hydrogen-bond donors (Lipinski definition) is 0. The summed E-state index contributed by atoms with van der Waals surface area (Å²) in [6, 6.07) is 0. The molecule has 1 atom stereocenters. The molecule has 1 aliphatic rings. The molecule has 1 saturated heterocycles. The third kappa shape index (κ3) is 4.53. The van der Waals surface area contributed by atoms with E-state index >= 15 is 0 Å². The number of aryl methyl sites for hydroxylation is 1. The van der Waals surface area contributed by atoms with Crippen molar-refractivity contribution >= 4 is 5.91 Å². The lowest BCUT2D eigenvalue weighted by Crippen LogP contribution is -2.35. The van der Waals surface area contributed by atoms with E-state index in [0.717, 1.165) is 32.7 Å². The van der Waals surface area contributed by atoms with Crippen molar-refractivity contribution in [1.29, 1.82) is 0 Å². The van der Waals surface area contributed by atoms with Gasteiger partial charge in [-0.2, -0.15) is 4.98 Å². The molecule has 1 aliphatic heterocycles. The molecule has 124 valence electrons. The van der Waals surface area contributed by atoms with Gasteiger partial charge in [0.1, 0.15) is 0 Å². The summed E-state index contributed by atoms with van der Waals surface area (Å²) in [5.41, 5.74) is -0.135. The fraction of sp³-hybridized carbons (Fsp3) is 0.812. The number of amides is 1. The topological polar surface area (TPSA) is 68.5 Å². The molecule has 2 heterocycles. The fourth-order valence-electron chi connectivity index (χ4n) is 2.48. The molecule has 0 radical (unpaired) electrons. The van der Waals surface area contributed by atoms with Gasteiger partial charge in [0.25, 0.3) is 0 Å². The van der Waals surface area contributed by atoms with Gasteiger partial charge < -0.3 is 14.2 Å². The van der Waals surface area contributed by atoms with Crippen LogP contribution in [0.1, 0.15) is 52.3 Å². The van der Waals surface area contributed by atoms with Gasteiger partial charge in [0.15, 0.2) is 5.82 Å². The Kier molecular flexibility index (Phi) is 5.56. The minimum atomic E-state index is -0.135. The zero-order valence-corrected chi connectivity index (χ0v) is 14.1. The molecule has 0 unspecified atom stereocenters. The van der Waals surface area contributed by atoms with E-state index in [-0.39, 0.29) is 11.3 Å². The Labute approximate surface area is 132 Å². The minimum absolute atomic E-state index is 0.135. The second-order valence-corrected chi connectivity index (χ2v) is 6.92. The predicted octanol–water partition coefficient (Wildman–Crippen LogP) is 2.18. The maximum Gasteiger partial charge on any atom is 0.227 e. The standard InChI is InChI=1S/C16H27N3O3/c1-5-19(10-12-8-9-21-11-12)14(20)7-6-13-17-15(18-22-13)16(2,3)4/h12H,5-11H2,1-4H3/t12-/m1/s1. The summed E-state index contributed by atoms with van der Waals surface area (Å²) >= 11 is 0. The molecular formula is C16H27N3O3. The monoisotopic (exact) mass is 309 g/mol. The molecule has 6 nitrogen and oxygen atoms in total. The number of aromatic nitrogens is 2. The predicted molar refractivity (Wildman–Crippen MR) is 82.5 cm³/mol. The van der Waals surface area contributed by atoms with E-state index in [9.17, 15) is 4.79 Å². The van der Waals surface area contributed by atoms with E-state index in [4.69, 9.17) is 9.26 Å². The van der Waals surface area contributed by atoms with Gasteiger partial charge in [0, 0.05) is 43.9 Å². The first kappa shape index (κ1) is 16.9. The summed E-state index contributed by atoms with van der Waals surface area (Å²) in [6.45, 7) is 11.2.